The molecule has 0 aromatic rings. The average Bonchev–Trinajstić information content (AvgIpc) is 2.26. The summed E-state index contributed by atoms with van der Waals surface area (Å²) in [4.78, 5) is 0. The van der Waals surface area contributed by atoms with Gasteiger partial charge >= 0.3 is 12.3 Å². The molecule has 0 spiro atoms. The quantitative estimate of drug-likeness (QED) is 0.537. The number of ether oxygens (including phenoxy) is 1. The van der Waals surface area contributed by atoms with Gasteiger partial charge in [0.2, 0.25) is 0 Å². The predicted molar refractivity (Wildman–Crippen MR) is 51.0 cm³/mol. The molecule has 0 radical (unpaired) electrons. The van der Waals surface area contributed by atoms with Crippen LogP contribution in [-0.2, 0) is 4.74 Å². The van der Waals surface area contributed by atoms with E-state index in [1.165, 1.54) is 0 Å². The van der Waals surface area contributed by atoms with Crippen LogP contribution in [0.4, 0.5) is 17.6 Å². The lowest BCUT2D eigenvalue weighted by molar-refractivity contribution is -0.125. The van der Waals surface area contributed by atoms with Crippen molar-refractivity contribution >= 4 is 0 Å². The second-order valence-electron chi connectivity index (χ2n) is 3.72. The lowest BCUT2D eigenvalue weighted by Gasteiger charge is -2.24. The van der Waals surface area contributed by atoms with E-state index in [1.54, 1.807) is 0 Å². The SMILES string of the molecule is FC(F)C(F)(F)CNCCC1CNCCO1. The number of halogens is 4. The van der Waals surface area contributed by atoms with Gasteiger partial charge in [-0.25, -0.2) is 8.78 Å². The third kappa shape index (κ3) is 4.63. The molecule has 1 rings (SSSR count). The van der Waals surface area contributed by atoms with Crippen LogP contribution in [-0.4, -0.2) is 51.2 Å². The second kappa shape index (κ2) is 6.36. The Morgan fingerprint density at radius 2 is 2.19 bits per heavy atom. The second-order valence-corrected chi connectivity index (χ2v) is 3.72. The van der Waals surface area contributed by atoms with Crippen molar-refractivity contribution in [2.75, 3.05) is 32.8 Å². The first-order chi connectivity index (χ1) is 7.52. The van der Waals surface area contributed by atoms with Crippen molar-refractivity contribution < 1.29 is 22.3 Å². The summed E-state index contributed by atoms with van der Waals surface area (Å²) in [6, 6.07) is 0. The first kappa shape index (κ1) is 13.7. The van der Waals surface area contributed by atoms with Crippen molar-refractivity contribution in [2.24, 2.45) is 0 Å². The molecule has 7 heteroatoms. The Labute approximate surface area is 91.5 Å². The van der Waals surface area contributed by atoms with Gasteiger partial charge in [0.1, 0.15) is 0 Å². The van der Waals surface area contributed by atoms with Gasteiger partial charge in [0.15, 0.2) is 0 Å². The predicted octanol–water partition coefficient (Wildman–Crippen LogP) is 0.855. The highest BCUT2D eigenvalue weighted by Gasteiger charge is 2.39. The molecule has 1 heterocycles. The molecule has 1 aliphatic heterocycles. The summed E-state index contributed by atoms with van der Waals surface area (Å²) in [5.41, 5.74) is 0. The third-order valence-electron chi connectivity index (χ3n) is 2.33. The molecule has 0 aliphatic carbocycles. The Morgan fingerprint density at radius 3 is 2.75 bits per heavy atom. The fourth-order valence-electron chi connectivity index (χ4n) is 1.40. The van der Waals surface area contributed by atoms with Crippen molar-refractivity contribution in [1.82, 2.24) is 10.6 Å². The van der Waals surface area contributed by atoms with Crippen molar-refractivity contribution in [3.63, 3.8) is 0 Å². The normalized spacial score (nSPS) is 22.7. The molecule has 0 bridgehead atoms. The summed E-state index contributed by atoms with van der Waals surface area (Å²) in [6.45, 7) is 1.30. The minimum Gasteiger partial charge on any atom is -0.376 e. The molecule has 1 saturated heterocycles. The standard InChI is InChI=1S/C9H16F4N2O/c10-8(11)9(12,13)6-15-2-1-7-5-14-3-4-16-7/h7-8,14-15H,1-6H2. The molecule has 1 atom stereocenters. The zero-order chi connectivity index (χ0) is 12.0. The monoisotopic (exact) mass is 244 g/mol. The Bertz CT molecular complexity index is 198. The van der Waals surface area contributed by atoms with Gasteiger partial charge in [-0.3, -0.25) is 0 Å². The maximum absolute atomic E-state index is 12.5. The number of hydrogen-bond donors (Lipinski definition) is 2. The van der Waals surface area contributed by atoms with E-state index >= 15 is 0 Å². The summed E-state index contributed by atoms with van der Waals surface area (Å²) >= 11 is 0. The summed E-state index contributed by atoms with van der Waals surface area (Å²) in [7, 11) is 0. The maximum atomic E-state index is 12.5. The minimum absolute atomic E-state index is 0.0265. The van der Waals surface area contributed by atoms with E-state index in [1.807, 2.05) is 0 Å². The number of morpholine rings is 1. The lowest BCUT2D eigenvalue weighted by Crippen LogP contribution is -2.42. The molecule has 1 unspecified atom stereocenters. The molecular weight excluding hydrogens is 228 g/mol. The topological polar surface area (TPSA) is 33.3 Å². The van der Waals surface area contributed by atoms with Gasteiger partial charge in [0.25, 0.3) is 0 Å². The summed E-state index contributed by atoms with van der Waals surface area (Å²) in [6.07, 6.45) is -3.11. The van der Waals surface area contributed by atoms with Gasteiger partial charge in [0, 0.05) is 13.1 Å². The lowest BCUT2D eigenvalue weighted by atomic mass is 10.2. The van der Waals surface area contributed by atoms with Crippen LogP contribution in [0.1, 0.15) is 6.42 Å². The zero-order valence-corrected chi connectivity index (χ0v) is 8.82. The minimum atomic E-state index is -3.95. The number of hydrogen-bond acceptors (Lipinski definition) is 3. The number of nitrogens with one attached hydrogen (secondary N) is 2. The zero-order valence-electron chi connectivity index (χ0n) is 8.82. The fourth-order valence-corrected chi connectivity index (χ4v) is 1.40. The van der Waals surface area contributed by atoms with Crippen LogP contribution in [0, 0.1) is 0 Å². The Kier molecular flexibility index (Phi) is 5.43. The molecule has 1 fully saturated rings. The Morgan fingerprint density at radius 1 is 1.44 bits per heavy atom. The van der Waals surface area contributed by atoms with E-state index in [9.17, 15) is 17.6 Å². The fraction of sp³-hybridized carbons (Fsp3) is 1.00. The van der Waals surface area contributed by atoms with Crippen molar-refractivity contribution in [3.8, 4) is 0 Å². The molecule has 0 aromatic carbocycles. The summed E-state index contributed by atoms with van der Waals surface area (Å²) in [5.74, 6) is -3.95. The highest BCUT2D eigenvalue weighted by atomic mass is 19.3. The summed E-state index contributed by atoms with van der Waals surface area (Å²) in [5, 5.41) is 5.41. The molecular formula is C9H16F4N2O. The van der Waals surface area contributed by atoms with E-state index in [4.69, 9.17) is 4.74 Å². The van der Waals surface area contributed by atoms with Gasteiger partial charge in [-0.15, -0.1) is 0 Å². The molecule has 1 aliphatic rings. The first-order valence-electron chi connectivity index (χ1n) is 5.21. The Hall–Kier alpha value is -0.400. The van der Waals surface area contributed by atoms with Crippen molar-refractivity contribution in [2.45, 2.75) is 24.9 Å². The van der Waals surface area contributed by atoms with Gasteiger partial charge < -0.3 is 15.4 Å². The molecule has 0 amide bonds. The van der Waals surface area contributed by atoms with Gasteiger partial charge in [-0.2, -0.15) is 8.78 Å². The van der Waals surface area contributed by atoms with Crippen LogP contribution in [0.2, 0.25) is 0 Å². The molecule has 2 N–H and O–H groups in total. The van der Waals surface area contributed by atoms with Crippen LogP contribution >= 0.6 is 0 Å². The highest BCUT2D eigenvalue weighted by Crippen LogP contribution is 2.21. The third-order valence-corrected chi connectivity index (χ3v) is 2.33. The van der Waals surface area contributed by atoms with Crippen molar-refractivity contribution in [3.05, 3.63) is 0 Å². The molecule has 16 heavy (non-hydrogen) atoms. The summed E-state index contributed by atoms with van der Waals surface area (Å²) < 4.78 is 53.8. The van der Waals surface area contributed by atoms with E-state index < -0.39 is 18.9 Å². The maximum Gasteiger partial charge on any atom is 0.319 e. The largest absolute Gasteiger partial charge is 0.376 e. The van der Waals surface area contributed by atoms with E-state index in [2.05, 4.69) is 10.6 Å². The van der Waals surface area contributed by atoms with Gasteiger partial charge in [-0.05, 0) is 13.0 Å². The van der Waals surface area contributed by atoms with Crippen LogP contribution in [0.5, 0.6) is 0 Å². The van der Waals surface area contributed by atoms with E-state index in [0.717, 1.165) is 6.54 Å². The number of rotatable bonds is 6. The van der Waals surface area contributed by atoms with Gasteiger partial charge in [0.05, 0.1) is 19.3 Å². The Balaban J connectivity index is 2.06. The van der Waals surface area contributed by atoms with E-state index in [0.29, 0.717) is 19.6 Å². The van der Waals surface area contributed by atoms with E-state index in [-0.39, 0.29) is 12.6 Å². The molecule has 0 saturated carbocycles. The molecule has 3 nitrogen and oxygen atoms in total. The van der Waals surface area contributed by atoms with Crippen LogP contribution in [0.25, 0.3) is 0 Å². The van der Waals surface area contributed by atoms with Crippen LogP contribution in [0.3, 0.4) is 0 Å². The first-order valence-corrected chi connectivity index (χ1v) is 5.21. The average molecular weight is 244 g/mol. The molecule has 0 aromatic heterocycles. The van der Waals surface area contributed by atoms with Crippen molar-refractivity contribution in [1.29, 1.82) is 0 Å². The van der Waals surface area contributed by atoms with Crippen LogP contribution in [0.15, 0.2) is 0 Å². The van der Waals surface area contributed by atoms with Crippen LogP contribution < -0.4 is 10.6 Å². The molecule has 96 valence electrons. The smallest absolute Gasteiger partial charge is 0.319 e. The van der Waals surface area contributed by atoms with Gasteiger partial charge in [-0.1, -0.05) is 0 Å². The number of alkyl halides is 4. The highest BCUT2D eigenvalue weighted by molar-refractivity contribution is 4.73.